The number of halogens is 1. The average Bonchev–Trinajstić information content (AvgIpc) is 2.09. The highest BCUT2D eigenvalue weighted by Crippen LogP contribution is 2.23. The van der Waals surface area contributed by atoms with Crippen molar-refractivity contribution in [3.05, 3.63) is 0 Å². The van der Waals surface area contributed by atoms with Gasteiger partial charge in [0.05, 0.1) is 0 Å². The van der Waals surface area contributed by atoms with Crippen LogP contribution in [-0.4, -0.2) is 39.9 Å². The minimum absolute atomic E-state index is 0.168. The molecule has 1 atom stereocenters. The van der Waals surface area contributed by atoms with Gasteiger partial charge < -0.3 is 5.32 Å². The fourth-order valence-electron chi connectivity index (χ4n) is 1.82. The summed E-state index contributed by atoms with van der Waals surface area (Å²) in [5.41, 5.74) is -0.313. The van der Waals surface area contributed by atoms with E-state index < -0.39 is 0 Å². The van der Waals surface area contributed by atoms with E-state index in [9.17, 15) is 4.79 Å². The van der Waals surface area contributed by atoms with Gasteiger partial charge in [-0.15, -0.1) is 0 Å². The van der Waals surface area contributed by atoms with Crippen LogP contribution in [-0.2, 0) is 4.79 Å². The Bertz CT molecular complexity index is 208. The van der Waals surface area contributed by atoms with Crippen LogP contribution >= 0.6 is 22.6 Å². The molecule has 1 aliphatic rings. The number of amides is 1. The van der Waals surface area contributed by atoms with Gasteiger partial charge in [0.15, 0.2) is 0 Å². The van der Waals surface area contributed by atoms with Crippen molar-refractivity contribution in [2.24, 2.45) is 0 Å². The number of hydrogen-bond acceptors (Lipinski definition) is 2. The van der Waals surface area contributed by atoms with Crippen molar-refractivity contribution in [2.75, 3.05) is 17.5 Å². The van der Waals surface area contributed by atoms with Crippen molar-refractivity contribution < 1.29 is 4.79 Å². The van der Waals surface area contributed by atoms with E-state index in [2.05, 4.69) is 46.7 Å². The lowest BCUT2D eigenvalue weighted by Gasteiger charge is -2.45. The molecule has 1 rings (SSSR count). The highest BCUT2D eigenvalue weighted by atomic mass is 127. The summed E-state index contributed by atoms with van der Waals surface area (Å²) in [5.74, 6) is 0.168. The van der Waals surface area contributed by atoms with Gasteiger partial charge in [-0.2, -0.15) is 0 Å². The van der Waals surface area contributed by atoms with Crippen molar-refractivity contribution in [1.29, 1.82) is 0 Å². The molecule has 4 heteroatoms. The van der Waals surface area contributed by atoms with E-state index in [4.69, 9.17) is 0 Å². The molecule has 0 saturated carbocycles. The molecular formula is C9H17IN2O. The molecule has 0 aromatic heterocycles. The number of hydrogen-bond donors (Lipinski definition) is 1. The summed E-state index contributed by atoms with van der Waals surface area (Å²) >= 11 is 2.28. The summed E-state index contributed by atoms with van der Waals surface area (Å²) in [6.07, 6.45) is 0. The molecule has 0 bridgehead atoms. The Balaban J connectivity index is 2.86. The molecule has 0 spiro atoms. The lowest BCUT2D eigenvalue weighted by molar-refractivity contribution is -0.135. The van der Waals surface area contributed by atoms with Gasteiger partial charge in [-0.25, -0.2) is 0 Å². The predicted molar refractivity (Wildman–Crippen MR) is 62.1 cm³/mol. The summed E-state index contributed by atoms with van der Waals surface area (Å²) in [5, 5.41) is 2.92. The number of nitrogens with one attached hydrogen (secondary N) is 1. The molecule has 0 aromatic rings. The monoisotopic (exact) mass is 296 g/mol. The van der Waals surface area contributed by atoms with E-state index in [-0.39, 0.29) is 11.4 Å². The molecule has 76 valence electrons. The second-order valence-electron chi connectivity index (χ2n) is 3.95. The first-order valence-electron chi connectivity index (χ1n) is 4.63. The molecule has 1 saturated heterocycles. The van der Waals surface area contributed by atoms with Gasteiger partial charge in [0.25, 0.3) is 0 Å². The zero-order valence-electron chi connectivity index (χ0n) is 8.43. The summed E-state index contributed by atoms with van der Waals surface area (Å²) in [6.45, 7) is 8.05. The maximum absolute atomic E-state index is 11.7. The van der Waals surface area contributed by atoms with Gasteiger partial charge in [-0.05, 0) is 20.8 Å². The molecular weight excluding hydrogens is 279 g/mol. The van der Waals surface area contributed by atoms with Gasteiger partial charge in [-0.1, -0.05) is 22.6 Å². The third kappa shape index (κ3) is 1.98. The fourth-order valence-corrected chi connectivity index (χ4v) is 2.61. The summed E-state index contributed by atoms with van der Waals surface area (Å²) in [7, 11) is 0. The molecule has 1 amide bonds. The first kappa shape index (κ1) is 11.2. The fraction of sp³-hybridized carbons (Fsp3) is 0.889. The van der Waals surface area contributed by atoms with Gasteiger partial charge in [0, 0.05) is 23.6 Å². The van der Waals surface area contributed by atoms with E-state index in [1.807, 2.05) is 6.92 Å². The normalized spacial score (nSPS) is 30.7. The van der Waals surface area contributed by atoms with Gasteiger partial charge in [0.1, 0.15) is 5.54 Å². The topological polar surface area (TPSA) is 32.3 Å². The van der Waals surface area contributed by atoms with Crippen LogP contribution in [0.25, 0.3) is 0 Å². The number of piperazine rings is 1. The van der Waals surface area contributed by atoms with Gasteiger partial charge in [0.2, 0.25) is 5.91 Å². The lowest BCUT2D eigenvalue weighted by atomic mass is 9.97. The molecule has 1 heterocycles. The van der Waals surface area contributed by atoms with Crippen LogP contribution in [0.1, 0.15) is 20.8 Å². The number of alkyl halides is 1. The van der Waals surface area contributed by atoms with Crippen LogP contribution < -0.4 is 5.32 Å². The van der Waals surface area contributed by atoms with E-state index in [1.165, 1.54) is 0 Å². The summed E-state index contributed by atoms with van der Waals surface area (Å²) < 4.78 is 0.842. The standard InChI is InChI=1S/C9H17IN2O/c1-7(2)12-5-4-11-8(13)9(12,3)6-10/h7H,4-6H2,1-3H3,(H,11,13)/t9-/m0/s1. The molecule has 1 N–H and O–H groups in total. The zero-order valence-corrected chi connectivity index (χ0v) is 10.6. The smallest absolute Gasteiger partial charge is 0.241 e. The van der Waals surface area contributed by atoms with Crippen molar-refractivity contribution in [3.63, 3.8) is 0 Å². The first-order valence-corrected chi connectivity index (χ1v) is 6.16. The minimum atomic E-state index is -0.313. The number of carbonyl (C=O) groups excluding carboxylic acids is 1. The second kappa shape index (κ2) is 4.13. The Labute approximate surface area is 93.4 Å². The predicted octanol–water partition coefficient (Wildman–Crippen LogP) is 1.02. The SMILES string of the molecule is CC(C)N1CCNC(=O)[C@]1(C)CI. The van der Waals surface area contributed by atoms with E-state index in [1.54, 1.807) is 0 Å². The van der Waals surface area contributed by atoms with E-state index in [0.717, 1.165) is 17.5 Å². The largest absolute Gasteiger partial charge is 0.353 e. The Morgan fingerprint density at radius 3 is 2.69 bits per heavy atom. The molecule has 0 unspecified atom stereocenters. The highest BCUT2D eigenvalue weighted by Gasteiger charge is 2.41. The van der Waals surface area contributed by atoms with Crippen LogP contribution in [0.2, 0.25) is 0 Å². The van der Waals surface area contributed by atoms with E-state index >= 15 is 0 Å². The number of rotatable bonds is 2. The van der Waals surface area contributed by atoms with Gasteiger partial charge >= 0.3 is 0 Å². The maximum atomic E-state index is 11.7. The lowest BCUT2D eigenvalue weighted by Crippen LogP contribution is -2.66. The molecule has 0 aliphatic carbocycles. The second-order valence-corrected chi connectivity index (χ2v) is 4.71. The zero-order chi connectivity index (χ0) is 10.1. The van der Waals surface area contributed by atoms with Crippen molar-refractivity contribution in [1.82, 2.24) is 10.2 Å². The summed E-state index contributed by atoms with van der Waals surface area (Å²) in [4.78, 5) is 14.0. The summed E-state index contributed by atoms with van der Waals surface area (Å²) in [6, 6.07) is 0.436. The highest BCUT2D eigenvalue weighted by molar-refractivity contribution is 14.1. The van der Waals surface area contributed by atoms with Crippen molar-refractivity contribution in [2.45, 2.75) is 32.4 Å². The molecule has 3 nitrogen and oxygen atoms in total. The quantitative estimate of drug-likeness (QED) is 0.609. The minimum Gasteiger partial charge on any atom is -0.353 e. The van der Waals surface area contributed by atoms with Crippen LogP contribution in [0.5, 0.6) is 0 Å². The third-order valence-corrected chi connectivity index (χ3v) is 4.13. The first-order chi connectivity index (χ1) is 6.02. The van der Waals surface area contributed by atoms with Crippen molar-refractivity contribution >= 4 is 28.5 Å². The third-order valence-electron chi connectivity index (χ3n) is 2.64. The molecule has 13 heavy (non-hydrogen) atoms. The Kier molecular flexibility index (Phi) is 3.57. The molecule has 0 radical (unpaired) electrons. The van der Waals surface area contributed by atoms with Crippen molar-refractivity contribution in [3.8, 4) is 0 Å². The maximum Gasteiger partial charge on any atom is 0.241 e. The Morgan fingerprint density at radius 2 is 2.31 bits per heavy atom. The number of nitrogens with zero attached hydrogens (tertiary/aromatic N) is 1. The van der Waals surface area contributed by atoms with Crippen LogP contribution in [0.15, 0.2) is 0 Å². The van der Waals surface area contributed by atoms with Crippen LogP contribution in [0.4, 0.5) is 0 Å². The molecule has 1 fully saturated rings. The van der Waals surface area contributed by atoms with Gasteiger partial charge in [-0.3, -0.25) is 9.69 Å². The van der Waals surface area contributed by atoms with Crippen LogP contribution in [0.3, 0.4) is 0 Å². The van der Waals surface area contributed by atoms with Crippen LogP contribution in [0, 0.1) is 0 Å². The molecule has 0 aromatic carbocycles. The average molecular weight is 296 g/mol. The Hall–Kier alpha value is 0.160. The van der Waals surface area contributed by atoms with E-state index in [0.29, 0.717) is 6.04 Å². The Morgan fingerprint density at radius 1 is 1.69 bits per heavy atom. The number of carbonyl (C=O) groups is 1. The molecule has 1 aliphatic heterocycles.